The Labute approximate surface area is 172 Å². The number of hydrogen-bond acceptors (Lipinski definition) is 6. The van der Waals surface area contributed by atoms with E-state index in [1.54, 1.807) is 0 Å². The van der Waals surface area contributed by atoms with Gasteiger partial charge < -0.3 is 20.2 Å². The Balaban J connectivity index is 0.000000188. The molecule has 0 bridgehead atoms. The van der Waals surface area contributed by atoms with Gasteiger partial charge in [-0.1, -0.05) is 12.5 Å². The first-order valence-corrected chi connectivity index (χ1v) is 10.6. The number of benzene rings is 1. The number of piperidine rings is 1. The molecule has 1 aromatic carbocycles. The molecule has 2 aliphatic heterocycles. The molecular formula is C21H32N4O4. The van der Waals surface area contributed by atoms with E-state index in [1.165, 1.54) is 37.0 Å². The van der Waals surface area contributed by atoms with E-state index in [0.29, 0.717) is 13.0 Å². The summed E-state index contributed by atoms with van der Waals surface area (Å²) in [6.45, 7) is 3.78. The highest BCUT2D eigenvalue weighted by Crippen LogP contribution is 2.30. The Morgan fingerprint density at radius 3 is 2.62 bits per heavy atom. The normalized spacial score (nSPS) is 19.4. The van der Waals surface area contributed by atoms with E-state index in [0.717, 1.165) is 37.1 Å². The molecule has 0 unspecified atom stereocenters. The van der Waals surface area contributed by atoms with Crippen LogP contribution in [0.3, 0.4) is 0 Å². The van der Waals surface area contributed by atoms with Crippen molar-refractivity contribution in [1.29, 1.82) is 0 Å². The fraction of sp³-hybridized carbons (Fsp3) is 0.619. The number of anilines is 1. The van der Waals surface area contributed by atoms with Gasteiger partial charge in [0.15, 0.2) is 0 Å². The number of carbonyl (C=O) groups is 2. The van der Waals surface area contributed by atoms with Crippen LogP contribution >= 0.6 is 0 Å². The lowest BCUT2D eigenvalue weighted by atomic mass is 10.2. The van der Waals surface area contributed by atoms with Crippen molar-refractivity contribution >= 4 is 17.6 Å². The van der Waals surface area contributed by atoms with Crippen LogP contribution in [0, 0.1) is 5.92 Å². The SMILES string of the molecule is O=C1CN(CCCO)C(=O)N1.c1cc(NN2CCCCC2)cc(OCC2CC2)c1. The summed E-state index contributed by atoms with van der Waals surface area (Å²) in [4.78, 5) is 22.8. The highest BCUT2D eigenvalue weighted by Gasteiger charge is 2.25. The molecule has 0 spiro atoms. The molecule has 0 radical (unpaired) electrons. The molecule has 3 amide bonds. The van der Waals surface area contributed by atoms with Crippen molar-refractivity contribution in [2.24, 2.45) is 5.92 Å². The molecule has 2 heterocycles. The number of hydrogen-bond donors (Lipinski definition) is 3. The smallest absolute Gasteiger partial charge is 0.324 e. The van der Waals surface area contributed by atoms with Crippen LogP contribution in [-0.4, -0.2) is 66.3 Å². The van der Waals surface area contributed by atoms with E-state index in [2.05, 4.69) is 34.0 Å². The van der Waals surface area contributed by atoms with E-state index in [4.69, 9.17) is 9.84 Å². The molecule has 8 nitrogen and oxygen atoms in total. The maximum atomic E-state index is 10.8. The van der Waals surface area contributed by atoms with Gasteiger partial charge in [0.1, 0.15) is 12.3 Å². The number of ether oxygens (including phenoxy) is 1. The van der Waals surface area contributed by atoms with Gasteiger partial charge >= 0.3 is 6.03 Å². The molecule has 3 N–H and O–H groups in total. The highest BCUT2D eigenvalue weighted by molar-refractivity contribution is 6.01. The third-order valence-corrected chi connectivity index (χ3v) is 5.11. The average Bonchev–Trinajstić information content (AvgIpc) is 3.50. The third kappa shape index (κ3) is 7.55. The Hall–Kier alpha value is -2.32. The Kier molecular flexibility index (Phi) is 8.13. The molecule has 8 heteroatoms. The minimum Gasteiger partial charge on any atom is -0.493 e. The summed E-state index contributed by atoms with van der Waals surface area (Å²) in [5, 5.41) is 12.9. The molecule has 0 atom stereocenters. The van der Waals surface area contributed by atoms with Crippen molar-refractivity contribution < 1.29 is 19.4 Å². The summed E-state index contributed by atoms with van der Waals surface area (Å²) in [6.07, 6.45) is 7.15. The fourth-order valence-electron chi connectivity index (χ4n) is 3.27. The quantitative estimate of drug-likeness (QED) is 0.575. The number of amides is 3. The van der Waals surface area contributed by atoms with Gasteiger partial charge in [-0.2, -0.15) is 0 Å². The van der Waals surface area contributed by atoms with Crippen molar-refractivity contribution in [1.82, 2.24) is 15.2 Å². The number of nitrogens with zero attached hydrogens (tertiary/aromatic N) is 2. The lowest BCUT2D eigenvalue weighted by molar-refractivity contribution is -0.118. The molecule has 1 aliphatic carbocycles. The van der Waals surface area contributed by atoms with Gasteiger partial charge in [0.2, 0.25) is 5.91 Å². The lowest BCUT2D eigenvalue weighted by Gasteiger charge is -2.28. The van der Waals surface area contributed by atoms with Crippen molar-refractivity contribution in [3.8, 4) is 5.75 Å². The summed E-state index contributed by atoms with van der Waals surface area (Å²) in [5.41, 5.74) is 4.62. The minimum atomic E-state index is -0.358. The molecule has 0 aromatic heterocycles. The molecule has 1 aromatic rings. The molecular weight excluding hydrogens is 372 g/mol. The van der Waals surface area contributed by atoms with Crippen molar-refractivity contribution in [3.63, 3.8) is 0 Å². The summed E-state index contributed by atoms with van der Waals surface area (Å²) < 4.78 is 5.80. The van der Waals surface area contributed by atoms with Gasteiger partial charge in [0.25, 0.3) is 0 Å². The van der Waals surface area contributed by atoms with Crippen LogP contribution in [0.5, 0.6) is 5.75 Å². The van der Waals surface area contributed by atoms with Crippen LogP contribution in [0.15, 0.2) is 24.3 Å². The van der Waals surface area contributed by atoms with Crippen LogP contribution in [0.1, 0.15) is 38.5 Å². The molecule has 2 saturated heterocycles. The standard InChI is InChI=1S/C15H22N2O.C6H10N2O3/c1-2-9-17(10-3-1)16-14-5-4-6-15(11-14)18-12-13-7-8-13;9-3-1-2-8-4-5(10)7-6(8)11/h4-6,11,13,16H,1-3,7-10,12H2;9H,1-4H2,(H,7,10,11). The number of nitrogens with one attached hydrogen (secondary N) is 2. The highest BCUT2D eigenvalue weighted by atomic mass is 16.5. The second-order valence-corrected chi connectivity index (χ2v) is 7.79. The van der Waals surface area contributed by atoms with Gasteiger partial charge in [-0.3, -0.25) is 10.1 Å². The van der Waals surface area contributed by atoms with Gasteiger partial charge in [-0.15, -0.1) is 0 Å². The van der Waals surface area contributed by atoms with Crippen LogP contribution in [-0.2, 0) is 4.79 Å². The molecule has 29 heavy (non-hydrogen) atoms. The predicted octanol–water partition coefficient (Wildman–Crippen LogP) is 2.21. The molecule has 4 rings (SSSR count). The first kappa shape index (κ1) is 21.4. The summed E-state index contributed by atoms with van der Waals surface area (Å²) in [5.74, 6) is 1.53. The van der Waals surface area contributed by atoms with Crippen LogP contribution in [0.25, 0.3) is 0 Å². The second-order valence-electron chi connectivity index (χ2n) is 7.79. The maximum absolute atomic E-state index is 10.8. The second kappa shape index (κ2) is 11.0. The first-order valence-electron chi connectivity index (χ1n) is 10.6. The van der Waals surface area contributed by atoms with E-state index in [1.807, 2.05) is 6.07 Å². The monoisotopic (exact) mass is 404 g/mol. The number of aliphatic hydroxyl groups is 1. The van der Waals surface area contributed by atoms with Gasteiger partial charge in [-0.05, 0) is 50.2 Å². The molecule has 3 aliphatic rings. The predicted molar refractivity (Wildman–Crippen MR) is 111 cm³/mol. The third-order valence-electron chi connectivity index (χ3n) is 5.11. The topological polar surface area (TPSA) is 94.1 Å². The van der Waals surface area contributed by atoms with Crippen LogP contribution < -0.4 is 15.5 Å². The zero-order valence-corrected chi connectivity index (χ0v) is 16.9. The van der Waals surface area contributed by atoms with E-state index >= 15 is 0 Å². The molecule has 160 valence electrons. The van der Waals surface area contributed by atoms with E-state index in [-0.39, 0.29) is 25.1 Å². The number of carbonyl (C=O) groups excluding carboxylic acids is 2. The van der Waals surface area contributed by atoms with Crippen LogP contribution in [0.2, 0.25) is 0 Å². The number of imide groups is 1. The minimum absolute atomic E-state index is 0.0397. The number of aliphatic hydroxyl groups excluding tert-OH is 1. The largest absolute Gasteiger partial charge is 0.493 e. The maximum Gasteiger partial charge on any atom is 0.324 e. The van der Waals surface area contributed by atoms with Crippen molar-refractivity contribution in [3.05, 3.63) is 24.3 Å². The summed E-state index contributed by atoms with van der Waals surface area (Å²) >= 11 is 0. The zero-order valence-electron chi connectivity index (χ0n) is 16.9. The first-order chi connectivity index (χ1) is 14.1. The summed E-state index contributed by atoms with van der Waals surface area (Å²) in [7, 11) is 0. The number of hydrazine groups is 1. The fourth-order valence-corrected chi connectivity index (χ4v) is 3.27. The number of urea groups is 1. The Morgan fingerprint density at radius 1 is 1.17 bits per heavy atom. The van der Waals surface area contributed by atoms with Crippen LogP contribution in [0.4, 0.5) is 10.5 Å². The zero-order chi connectivity index (χ0) is 20.5. The molecule has 1 saturated carbocycles. The Bertz CT molecular complexity index is 674. The van der Waals surface area contributed by atoms with E-state index in [9.17, 15) is 9.59 Å². The Morgan fingerprint density at radius 2 is 1.97 bits per heavy atom. The van der Waals surface area contributed by atoms with E-state index < -0.39 is 0 Å². The number of rotatable bonds is 8. The van der Waals surface area contributed by atoms with Gasteiger partial charge in [0.05, 0.1) is 12.3 Å². The lowest BCUT2D eigenvalue weighted by Crippen LogP contribution is -2.34. The van der Waals surface area contributed by atoms with Crippen molar-refractivity contribution in [2.75, 3.05) is 44.8 Å². The average molecular weight is 405 g/mol. The van der Waals surface area contributed by atoms with Crippen molar-refractivity contribution in [2.45, 2.75) is 38.5 Å². The summed E-state index contributed by atoms with van der Waals surface area (Å²) in [6, 6.07) is 7.97. The van der Waals surface area contributed by atoms with Gasteiger partial charge in [0, 0.05) is 32.3 Å². The molecule has 3 fully saturated rings. The van der Waals surface area contributed by atoms with Gasteiger partial charge in [-0.25, -0.2) is 9.80 Å².